The molecular formula is C11H16FNO5S. The van der Waals surface area contributed by atoms with Crippen molar-refractivity contribution in [2.45, 2.75) is 49.3 Å². The number of rotatable bonds is 3. The SMILES string of the molecule is O=C1CC(S(=O)(=O)F)CN1C1(C(=O)O)CCCCC1. The van der Waals surface area contributed by atoms with E-state index in [0.717, 1.165) is 11.3 Å². The second-order valence-corrected chi connectivity index (χ2v) is 6.82. The summed E-state index contributed by atoms with van der Waals surface area (Å²) in [6.45, 7) is -0.357. The van der Waals surface area contributed by atoms with Crippen molar-refractivity contribution in [1.29, 1.82) is 0 Å². The molecule has 19 heavy (non-hydrogen) atoms. The highest BCUT2D eigenvalue weighted by molar-refractivity contribution is 7.87. The van der Waals surface area contributed by atoms with Gasteiger partial charge in [-0.15, -0.1) is 3.89 Å². The van der Waals surface area contributed by atoms with Gasteiger partial charge in [0.2, 0.25) is 5.91 Å². The van der Waals surface area contributed by atoms with Crippen molar-refractivity contribution in [2.75, 3.05) is 6.54 Å². The molecule has 0 spiro atoms. The van der Waals surface area contributed by atoms with Crippen LogP contribution in [0.2, 0.25) is 0 Å². The van der Waals surface area contributed by atoms with Crippen LogP contribution in [0.15, 0.2) is 0 Å². The highest BCUT2D eigenvalue weighted by Gasteiger charge is 2.52. The molecule has 8 heteroatoms. The third-order valence-electron chi connectivity index (χ3n) is 4.08. The number of halogens is 1. The minimum atomic E-state index is -4.81. The summed E-state index contributed by atoms with van der Waals surface area (Å²) in [6.07, 6.45) is 2.36. The summed E-state index contributed by atoms with van der Waals surface area (Å²) in [7, 11) is -4.81. The fourth-order valence-electron chi connectivity index (χ4n) is 3.01. The van der Waals surface area contributed by atoms with Crippen LogP contribution in [0.25, 0.3) is 0 Å². The van der Waals surface area contributed by atoms with Crippen molar-refractivity contribution in [1.82, 2.24) is 4.90 Å². The first kappa shape index (κ1) is 14.2. The molecule has 0 radical (unpaired) electrons. The molecule has 0 aromatic carbocycles. The summed E-state index contributed by atoms with van der Waals surface area (Å²) >= 11 is 0. The Hall–Kier alpha value is -1.18. The molecule has 1 aliphatic heterocycles. The maximum absolute atomic E-state index is 13.0. The summed E-state index contributed by atoms with van der Waals surface area (Å²) in [5.74, 6) is -1.71. The van der Waals surface area contributed by atoms with Gasteiger partial charge in [-0.1, -0.05) is 19.3 Å². The Morgan fingerprint density at radius 2 is 1.89 bits per heavy atom. The van der Waals surface area contributed by atoms with Crippen LogP contribution in [0.3, 0.4) is 0 Å². The summed E-state index contributed by atoms with van der Waals surface area (Å²) < 4.78 is 34.8. The number of hydrogen-bond donors (Lipinski definition) is 1. The standard InChI is InChI=1S/C11H16FNO5S/c12-19(17,18)8-6-9(14)13(7-8)11(10(15)16)4-2-1-3-5-11/h8H,1-7H2,(H,15,16). The normalized spacial score (nSPS) is 27.5. The molecule has 2 rings (SSSR count). The van der Waals surface area contributed by atoms with Gasteiger partial charge in [-0.2, -0.15) is 8.42 Å². The molecule has 1 unspecified atom stereocenters. The molecular weight excluding hydrogens is 277 g/mol. The average molecular weight is 293 g/mol. The zero-order chi connectivity index (χ0) is 14.3. The number of carbonyl (C=O) groups excluding carboxylic acids is 1. The van der Waals surface area contributed by atoms with E-state index in [1.807, 2.05) is 0 Å². The number of aliphatic carboxylic acids is 1. The number of likely N-dealkylation sites (tertiary alicyclic amines) is 1. The van der Waals surface area contributed by atoms with Gasteiger partial charge in [0.15, 0.2) is 0 Å². The number of hydrogen-bond acceptors (Lipinski definition) is 4. The maximum atomic E-state index is 13.0. The molecule has 0 aromatic rings. The van der Waals surface area contributed by atoms with Crippen LogP contribution in [-0.4, -0.2) is 47.6 Å². The molecule has 1 N–H and O–H groups in total. The second kappa shape index (κ2) is 4.73. The van der Waals surface area contributed by atoms with E-state index in [2.05, 4.69) is 0 Å². The Labute approximate surface area is 110 Å². The minimum absolute atomic E-state index is 0.299. The lowest BCUT2D eigenvalue weighted by atomic mass is 9.80. The van der Waals surface area contributed by atoms with Crippen LogP contribution in [-0.2, 0) is 19.8 Å². The molecule has 0 bridgehead atoms. The maximum Gasteiger partial charge on any atom is 0.329 e. The highest BCUT2D eigenvalue weighted by atomic mass is 32.3. The smallest absolute Gasteiger partial charge is 0.329 e. The Balaban J connectivity index is 2.29. The molecule has 1 amide bonds. The van der Waals surface area contributed by atoms with Gasteiger partial charge in [0.1, 0.15) is 10.8 Å². The summed E-state index contributed by atoms with van der Waals surface area (Å²) in [4.78, 5) is 24.5. The lowest BCUT2D eigenvalue weighted by molar-refractivity contribution is -0.159. The largest absolute Gasteiger partial charge is 0.479 e. The third kappa shape index (κ3) is 2.45. The van der Waals surface area contributed by atoms with Crippen molar-refractivity contribution in [3.63, 3.8) is 0 Å². The lowest BCUT2D eigenvalue weighted by Crippen LogP contribution is -2.56. The van der Waals surface area contributed by atoms with Gasteiger partial charge in [-0.05, 0) is 12.8 Å². The molecule has 108 valence electrons. The monoisotopic (exact) mass is 293 g/mol. The number of carbonyl (C=O) groups is 2. The van der Waals surface area contributed by atoms with Crippen molar-refractivity contribution in [3.8, 4) is 0 Å². The molecule has 1 atom stereocenters. The first-order valence-electron chi connectivity index (χ1n) is 6.25. The molecule has 2 fully saturated rings. The number of nitrogens with zero attached hydrogens (tertiary/aromatic N) is 1. The van der Waals surface area contributed by atoms with E-state index >= 15 is 0 Å². The van der Waals surface area contributed by atoms with Crippen LogP contribution in [0.5, 0.6) is 0 Å². The van der Waals surface area contributed by atoms with E-state index in [1.54, 1.807) is 0 Å². The van der Waals surface area contributed by atoms with Crippen LogP contribution in [0.4, 0.5) is 3.89 Å². The van der Waals surface area contributed by atoms with Gasteiger partial charge in [0, 0.05) is 13.0 Å². The second-order valence-electron chi connectivity index (χ2n) is 5.20. The summed E-state index contributed by atoms with van der Waals surface area (Å²) in [6, 6.07) is 0. The van der Waals surface area contributed by atoms with E-state index in [1.165, 1.54) is 0 Å². The summed E-state index contributed by atoms with van der Waals surface area (Å²) in [5, 5.41) is 7.99. The molecule has 1 saturated carbocycles. The Morgan fingerprint density at radius 1 is 1.32 bits per heavy atom. The highest BCUT2D eigenvalue weighted by Crippen LogP contribution is 2.37. The Kier molecular flexibility index (Phi) is 3.55. The molecule has 0 aromatic heterocycles. The Bertz CT molecular complexity index is 497. The number of carboxylic acids is 1. The fourth-order valence-corrected chi connectivity index (χ4v) is 3.68. The van der Waals surface area contributed by atoms with Crippen LogP contribution >= 0.6 is 0 Å². The predicted octanol–water partition coefficient (Wildman–Crippen LogP) is 0.674. The predicted molar refractivity (Wildman–Crippen MR) is 63.6 cm³/mol. The van der Waals surface area contributed by atoms with E-state index in [0.29, 0.717) is 25.7 Å². The van der Waals surface area contributed by atoms with Crippen LogP contribution in [0.1, 0.15) is 38.5 Å². The van der Waals surface area contributed by atoms with Crippen molar-refractivity contribution in [2.24, 2.45) is 0 Å². The fraction of sp³-hybridized carbons (Fsp3) is 0.818. The lowest BCUT2D eigenvalue weighted by Gasteiger charge is -2.41. The van der Waals surface area contributed by atoms with Gasteiger partial charge in [-0.3, -0.25) is 4.79 Å². The van der Waals surface area contributed by atoms with Crippen molar-refractivity contribution >= 4 is 22.1 Å². The zero-order valence-electron chi connectivity index (χ0n) is 10.3. The first-order valence-corrected chi connectivity index (χ1v) is 7.69. The average Bonchev–Trinajstić information content (AvgIpc) is 2.72. The van der Waals surface area contributed by atoms with Crippen LogP contribution < -0.4 is 0 Å². The quantitative estimate of drug-likeness (QED) is 0.772. The third-order valence-corrected chi connectivity index (χ3v) is 5.20. The van der Waals surface area contributed by atoms with Crippen molar-refractivity contribution in [3.05, 3.63) is 0 Å². The van der Waals surface area contributed by atoms with Gasteiger partial charge in [0.05, 0.1) is 0 Å². The topological polar surface area (TPSA) is 91.8 Å². The summed E-state index contributed by atoms with van der Waals surface area (Å²) in [5.41, 5.74) is -1.35. The van der Waals surface area contributed by atoms with E-state index in [4.69, 9.17) is 0 Å². The molecule has 1 heterocycles. The molecule has 6 nitrogen and oxygen atoms in total. The number of carboxylic acid groups (broad SMARTS) is 1. The molecule has 2 aliphatic rings. The van der Waals surface area contributed by atoms with E-state index in [-0.39, 0.29) is 6.54 Å². The zero-order valence-corrected chi connectivity index (χ0v) is 11.2. The first-order chi connectivity index (χ1) is 8.77. The van der Waals surface area contributed by atoms with Gasteiger partial charge in [0.25, 0.3) is 0 Å². The van der Waals surface area contributed by atoms with Gasteiger partial charge in [-0.25, -0.2) is 4.79 Å². The Morgan fingerprint density at radius 3 is 2.32 bits per heavy atom. The van der Waals surface area contributed by atoms with Crippen LogP contribution in [0, 0.1) is 0 Å². The molecule has 1 aliphatic carbocycles. The minimum Gasteiger partial charge on any atom is -0.479 e. The van der Waals surface area contributed by atoms with Gasteiger partial charge >= 0.3 is 16.2 Å². The molecule has 1 saturated heterocycles. The van der Waals surface area contributed by atoms with E-state index in [9.17, 15) is 27.0 Å². The number of amides is 1. The van der Waals surface area contributed by atoms with E-state index < -0.39 is 39.3 Å². The van der Waals surface area contributed by atoms with Gasteiger partial charge < -0.3 is 10.0 Å². The van der Waals surface area contributed by atoms with Crippen molar-refractivity contribution < 1.29 is 27.0 Å².